The maximum Gasteiger partial charge on any atom is 0.508 e. The monoisotopic (exact) mass is 398 g/mol. The van der Waals surface area contributed by atoms with Crippen molar-refractivity contribution in [3.05, 3.63) is 72.2 Å². The Morgan fingerprint density at radius 3 is 1.76 bits per heavy atom. The van der Waals surface area contributed by atoms with Crippen molar-refractivity contribution in [2.75, 3.05) is 26.4 Å². The number of ether oxygens (including phenoxy) is 6. The Balaban J connectivity index is 1.23. The SMILES string of the molecule is C=C1OCC(COc2ccc(Cc3ccc(OCC4COC(=O)O4)cc3)cc2)O1. The van der Waals surface area contributed by atoms with E-state index in [0.29, 0.717) is 19.2 Å². The topological polar surface area (TPSA) is 72.5 Å². The van der Waals surface area contributed by atoms with Gasteiger partial charge in [-0.2, -0.15) is 0 Å². The lowest BCUT2D eigenvalue weighted by Gasteiger charge is -2.11. The predicted octanol–water partition coefficient (Wildman–Crippen LogP) is 3.46. The summed E-state index contributed by atoms with van der Waals surface area (Å²) in [4.78, 5) is 10.9. The first kappa shape index (κ1) is 19.0. The number of hydrogen-bond donors (Lipinski definition) is 0. The van der Waals surface area contributed by atoms with Crippen LogP contribution in [-0.4, -0.2) is 44.8 Å². The molecule has 0 radical (unpaired) electrons. The molecular weight excluding hydrogens is 376 g/mol. The predicted molar refractivity (Wildman–Crippen MR) is 103 cm³/mol. The molecule has 0 amide bonds. The van der Waals surface area contributed by atoms with E-state index in [1.54, 1.807) is 0 Å². The normalized spacial score (nSPS) is 20.4. The molecule has 2 aliphatic heterocycles. The molecule has 2 heterocycles. The van der Waals surface area contributed by atoms with Crippen molar-refractivity contribution in [3.63, 3.8) is 0 Å². The van der Waals surface area contributed by atoms with Gasteiger partial charge in [-0.25, -0.2) is 4.79 Å². The molecule has 2 aromatic rings. The van der Waals surface area contributed by atoms with E-state index in [2.05, 4.69) is 6.58 Å². The third kappa shape index (κ3) is 5.34. The molecular formula is C22H22O7. The molecule has 2 saturated heterocycles. The number of rotatable bonds is 8. The molecule has 0 spiro atoms. The average molecular weight is 398 g/mol. The van der Waals surface area contributed by atoms with Crippen LogP contribution in [0.15, 0.2) is 61.1 Å². The minimum absolute atomic E-state index is 0.115. The third-order valence-corrected chi connectivity index (χ3v) is 4.51. The van der Waals surface area contributed by atoms with Crippen molar-refractivity contribution in [2.24, 2.45) is 0 Å². The second-order valence-corrected chi connectivity index (χ2v) is 6.81. The van der Waals surface area contributed by atoms with Gasteiger partial charge in [-0.05, 0) is 48.4 Å². The van der Waals surface area contributed by atoms with E-state index in [0.717, 1.165) is 23.5 Å². The maximum atomic E-state index is 10.9. The summed E-state index contributed by atoms with van der Waals surface area (Å²) in [5.74, 6) is 1.86. The first-order chi connectivity index (χ1) is 14.1. The fraction of sp³-hybridized carbons (Fsp3) is 0.318. The Hall–Kier alpha value is -3.35. The number of cyclic esters (lactones) is 2. The molecule has 0 aliphatic carbocycles. The van der Waals surface area contributed by atoms with Crippen LogP contribution >= 0.6 is 0 Å². The van der Waals surface area contributed by atoms with E-state index in [-0.39, 0.29) is 25.4 Å². The van der Waals surface area contributed by atoms with Crippen molar-refractivity contribution >= 4 is 6.16 Å². The molecule has 152 valence electrons. The van der Waals surface area contributed by atoms with Gasteiger partial charge in [-0.15, -0.1) is 0 Å². The van der Waals surface area contributed by atoms with Gasteiger partial charge >= 0.3 is 6.16 Å². The van der Waals surface area contributed by atoms with Gasteiger partial charge in [-0.1, -0.05) is 24.3 Å². The van der Waals surface area contributed by atoms with E-state index in [4.69, 9.17) is 28.4 Å². The molecule has 2 unspecified atom stereocenters. The number of hydrogen-bond acceptors (Lipinski definition) is 7. The zero-order chi connectivity index (χ0) is 20.1. The summed E-state index contributed by atoms with van der Waals surface area (Å²) in [6.45, 7) is 5.01. The summed E-state index contributed by atoms with van der Waals surface area (Å²) in [5, 5.41) is 0. The van der Waals surface area contributed by atoms with Crippen LogP contribution in [-0.2, 0) is 25.4 Å². The highest BCUT2D eigenvalue weighted by Gasteiger charge is 2.25. The van der Waals surface area contributed by atoms with Crippen LogP contribution < -0.4 is 9.47 Å². The molecule has 2 aromatic carbocycles. The minimum atomic E-state index is -0.642. The van der Waals surface area contributed by atoms with E-state index in [9.17, 15) is 4.79 Å². The molecule has 0 bridgehead atoms. The molecule has 29 heavy (non-hydrogen) atoms. The van der Waals surface area contributed by atoms with Gasteiger partial charge in [0.05, 0.1) is 0 Å². The Morgan fingerprint density at radius 2 is 1.31 bits per heavy atom. The van der Waals surface area contributed by atoms with Crippen LogP contribution in [0.3, 0.4) is 0 Å². The molecule has 0 N–H and O–H groups in total. The largest absolute Gasteiger partial charge is 0.508 e. The zero-order valence-electron chi connectivity index (χ0n) is 15.9. The molecule has 2 aliphatic rings. The van der Waals surface area contributed by atoms with Crippen molar-refractivity contribution in [1.29, 1.82) is 0 Å². The summed E-state index contributed by atoms with van der Waals surface area (Å²) in [5.41, 5.74) is 2.34. The highest BCUT2D eigenvalue weighted by atomic mass is 16.8. The van der Waals surface area contributed by atoms with Gasteiger partial charge in [0.25, 0.3) is 5.95 Å². The van der Waals surface area contributed by atoms with Gasteiger partial charge in [0.2, 0.25) is 0 Å². The summed E-state index contributed by atoms with van der Waals surface area (Å²) in [6, 6.07) is 15.8. The van der Waals surface area contributed by atoms with Crippen LogP contribution in [0.4, 0.5) is 4.79 Å². The first-order valence-electron chi connectivity index (χ1n) is 9.39. The lowest BCUT2D eigenvalue weighted by Crippen LogP contribution is -2.19. The van der Waals surface area contributed by atoms with Gasteiger partial charge in [0.15, 0.2) is 12.2 Å². The summed E-state index contributed by atoms with van der Waals surface area (Å²) < 4.78 is 31.6. The minimum Gasteiger partial charge on any atom is -0.490 e. The Kier molecular flexibility index (Phi) is 5.74. The summed E-state index contributed by atoms with van der Waals surface area (Å²) >= 11 is 0. The van der Waals surface area contributed by atoms with E-state index < -0.39 is 6.16 Å². The van der Waals surface area contributed by atoms with E-state index >= 15 is 0 Å². The molecule has 7 heteroatoms. The lowest BCUT2D eigenvalue weighted by molar-refractivity contribution is 0.0983. The van der Waals surface area contributed by atoms with Crippen LogP contribution in [0.1, 0.15) is 11.1 Å². The quantitative estimate of drug-likeness (QED) is 0.631. The maximum absolute atomic E-state index is 10.9. The number of benzene rings is 2. The highest BCUT2D eigenvalue weighted by Crippen LogP contribution is 2.20. The van der Waals surface area contributed by atoms with Crippen molar-refractivity contribution in [2.45, 2.75) is 18.6 Å². The smallest absolute Gasteiger partial charge is 0.490 e. The third-order valence-electron chi connectivity index (χ3n) is 4.51. The number of carbonyl (C=O) groups is 1. The Bertz CT molecular complexity index is 773. The number of carbonyl (C=O) groups excluding carboxylic acids is 1. The lowest BCUT2D eigenvalue weighted by atomic mass is 10.0. The van der Waals surface area contributed by atoms with Crippen LogP contribution in [0.2, 0.25) is 0 Å². The fourth-order valence-corrected chi connectivity index (χ4v) is 2.99. The molecule has 7 nitrogen and oxygen atoms in total. The second kappa shape index (κ2) is 8.77. The molecule has 2 atom stereocenters. The second-order valence-electron chi connectivity index (χ2n) is 6.81. The molecule has 0 aromatic heterocycles. The van der Waals surface area contributed by atoms with E-state index in [1.807, 2.05) is 48.5 Å². The molecule has 2 fully saturated rings. The van der Waals surface area contributed by atoms with Gasteiger partial charge in [-0.3, -0.25) is 0 Å². The van der Waals surface area contributed by atoms with Crippen LogP contribution in [0.25, 0.3) is 0 Å². The van der Waals surface area contributed by atoms with Crippen LogP contribution in [0, 0.1) is 0 Å². The molecule has 0 saturated carbocycles. The molecule has 4 rings (SSSR count). The van der Waals surface area contributed by atoms with Gasteiger partial charge in [0, 0.05) is 0 Å². The van der Waals surface area contributed by atoms with Crippen molar-refractivity contribution in [1.82, 2.24) is 0 Å². The Morgan fingerprint density at radius 1 is 0.793 bits per heavy atom. The van der Waals surface area contributed by atoms with Crippen LogP contribution in [0.5, 0.6) is 11.5 Å². The van der Waals surface area contributed by atoms with Gasteiger partial charge in [0.1, 0.15) is 37.9 Å². The average Bonchev–Trinajstić information content (AvgIpc) is 3.35. The van der Waals surface area contributed by atoms with Crippen molar-refractivity contribution in [3.8, 4) is 11.5 Å². The fourth-order valence-electron chi connectivity index (χ4n) is 2.99. The standard InChI is InChI=1S/C22H22O7/c1-15-24-11-20(28-15)12-25-18-6-2-16(3-7-18)10-17-4-8-19(9-5-17)26-13-21-14-27-22(23)29-21/h2-9,20-21H,1,10-14H2. The first-order valence-corrected chi connectivity index (χ1v) is 9.39. The zero-order valence-corrected chi connectivity index (χ0v) is 15.9. The van der Waals surface area contributed by atoms with Crippen molar-refractivity contribution < 1.29 is 33.2 Å². The summed E-state index contributed by atoms with van der Waals surface area (Å²) in [7, 11) is 0. The Labute approximate surface area is 168 Å². The van der Waals surface area contributed by atoms with Gasteiger partial charge < -0.3 is 28.4 Å². The summed E-state index contributed by atoms with van der Waals surface area (Å²) in [6.07, 6.45) is -0.309. The van der Waals surface area contributed by atoms with E-state index in [1.165, 1.54) is 5.56 Å². The highest BCUT2D eigenvalue weighted by molar-refractivity contribution is 5.61.